The molecule has 1 amide bonds. The van der Waals surface area contributed by atoms with Gasteiger partial charge in [-0.05, 0) is 57.2 Å². The number of benzene rings is 1. The second kappa shape index (κ2) is 11.1. The van der Waals surface area contributed by atoms with Crippen molar-refractivity contribution < 1.29 is 13.7 Å². The van der Waals surface area contributed by atoms with Gasteiger partial charge in [-0.25, -0.2) is 9.37 Å². The van der Waals surface area contributed by atoms with E-state index >= 15 is 0 Å². The second-order valence-electron chi connectivity index (χ2n) is 7.75. The molecule has 1 aliphatic rings. The highest BCUT2D eigenvalue weighted by molar-refractivity contribution is 7.89. The van der Waals surface area contributed by atoms with Gasteiger partial charge < -0.3 is 15.2 Å². The zero-order chi connectivity index (χ0) is 22.4. The van der Waals surface area contributed by atoms with Crippen molar-refractivity contribution in [2.75, 3.05) is 11.9 Å². The number of nitrogens with one attached hydrogen (secondary N) is 3. The van der Waals surface area contributed by atoms with E-state index in [9.17, 15) is 13.7 Å². The lowest BCUT2D eigenvalue weighted by Gasteiger charge is -2.29. The van der Waals surface area contributed by atoms with E-state index in [-0.39, 0.29) is 29.7 Å². The lowest BCUT2D eigenvalue weighted by Crippen LogP contribution is -2.41. The SMILES string of the molecule is CCNc1ncc([S+]([O-])N[C@H]2CC[C@H](C(=O)N[C@H](C)c3ccc(F)cc3)CC2)cc1Cl. The van der Waals surface area contributed by atoms with Crippen molar-refractivity contribution in [2.24, 2.45) is 5.92 Å². The molecule has 1 aromatic heterocycles. The molecule has 1 heterocycles. The maximum atomic E-state index is 13.1. The van der Waals surface area contributed by atoms with E-state index in [0.717, 1.165) is 31.2 Å². The molecule has 6 nitrogen and oxygen atoms in total. The van der Waals surface area contributed by atoms with Crippen LogP contribution in [0.2, 0.25) is 5.02 Å². The summed E-state index contributed by atoms with van der Waals surface area (Å²) >= 11 is 4.77. The summed E-state index contributed by atoms with van der Waals surface area (Å²) in [5.74, 6) is 0.208. The van der Waals surface area contributed by atoms with Crippen LogP contribution < -0.4 is 15.4 Å². The Labute approximate surface area is 190 Å². The topological polar surface area (TPSA) is 89.1 Å². The number of rotatable bonds is 8. The van der Waals surface area contributed by atoms with Crippen molar-refractivity contribution in [3.05, 3.63) is 52.9 Å². The minimum Gasteiger partial charge on any atom is -0.593 e. The number of carbonyl (C=O) groups is 1. The van der Waals surface area contributed by atoms with Crippen molar-refractivity contribution in [2.45, 2.75) is 56.5 Å². The average Bonchev–Trinajstić information content (AvgIpc) is 2.76. The monoisotopic (exact) mass is 466 g/mol. The normalized spacial score (nSPS) is 20.7. The first-order valence-electron chi connectivity index (χ1n) is 10.5. The van der Waals surface area contributed by atoms with Gasteiger partial charge in [-0.1, -0.05) is 23.7 Å². The predicted octanol–water partition coefficient (Wildman–Crippen LogP) is 4.35. The average molecular weight is 467 g/mol. The maximum absolute atomic E-state index is 13.1. The molecule has 3 rings (SSSR count). The molecule has 1 saturated carbocycles. The van der Waals surface area contributed by atoms with Crippen LogP contribution in [-0.4, -0.2) is 28.0 Å². The Balaban J connectivity index is 1.47. The minimum absolute atomic E-state index is 0.00592. The van der Waals surface area contributed by atoms with Gasteiger partial charge >= 0.3 is 0 Å². The summed E-state index contributed by atoms with van der Waals surface area (Å²) in [6, 6.07) is 7.69. The molecule has 31 heavy (non-hydrogen) atoms. The fourth-order valence-electron chi connectivity index (χ4n) is 3.68. The van der Waals surface area contributed by atoms with Gasteiger partial charge in [0.15, 0.2) is 4.90 Å². The fourth-order valence-corrected chi connectivity index (χ4v) is 5.02. The Bertz CT molecular complexity index is 878. The van der Waals surface area contributed by atoms with Gasteiger partial charge in [-0.2, -0.15) is 0 Å². The Hall–Kier alpha value is -1.87. The number of nitrogens with zero attached hydrogens (tertiary/aromatic N) is 1. The lowest BCUT2D eigenvalue weighted by atomic mass is 9.85. The van der Waals surface area contributed by atoms with Crippen LogP contribution in [0.1, 0.15) is 51.1 Å². The third-order valence-corrected chi connectivity index (χ3v) is 6.96. The molecule has 9 heteroatoms. The van der Waals surface area contributed by atoms with Gasteiger partial charge in [0.05, 0.1) is 34.7 Å². The largest absolute Gasteiger partial charge is 0.593 e. The summed E-state index contributed by atoms with van der Waals surface area (Å²) in [6.45, 7) is 4.54. The van der Waals surface area contributed by atoms with E-state index in [1.165, 1.54) is 12.1 Å². The molecular weight excluding hydrogens is 439 g/mol. The van der Waals surface area contributed by atoms with Crippen LogP contribution in [0, 0.1) is 11.7 Å². The lowest BCUT2D eigenvalue weighted by molar-refractivity contribution is -0.126. The summed E-state index contributed by atoms with van der Waals surface area (Å²) in [5.41, 5.74) is 0.868. The molecule has 0 saturated heterocycles. The number of halogens is 2. The molecule has 1 aliphatic carbocycles. The molecule has 0 spiro atoms. The number of amides is 1. The van der Waals surface area contributed by atoms with Crippen molar-refractivity contribution in [3.8, 4) is 0 Å². The summed E-state index contributed by atoms with van der Waals surface area (Å²) in [6.07, 6.45) is 4.50. The summed E-state index contributed by atoms with van der Waals surface area (Å²) in [5, 5.41) is 6.50. The van der Waals surface area contributed by atoms with Crippen LogP contribution >= 0.6 is 11.6 Å². The quantitative estimate of drug-likeness (QED) is 0.503. The van der Waals surface area contributed by atoms with Gasteiger partial charge in [0.1, 0.15) is 11.6 Å². The number of aromatic nitrogens is 1. The molecule has 1 aromatic carbocycles. The van der Waals surface area contributed by atoms with Gasteiger partial charge in [0.2, 0.25) is 5.91 Å². The zero-order valence-corrected chi connectivity index (χ0v) is 19.2. The molecule has 168 valence electrons. The molecule has 1 fully saturated rings. The standard InChI is InChI=1S/C22H28ClFN4O2S/c1-3-25-21-20(23)12-19(13-26-21)31(30)28-18-10-6-16(7-11-18)22(29)27-14(2)15-4-8-17(24)9-5-15/h4-5,8-9,12-14,16,18,28H,3,6-7,10-11H2,1-2H3,(H,25,26)(H,27,29)/t14-,16-,18-,31?/m1/s1. The van der Waals surface area contributed by atoms with E-state index in [0.29, 0.717) is 22.3 Å². The fraction of sp³-hybridized carbons (Fsp3) is 0.455. The Morgan fingerprint density at radius 2 is 1.97 bits per heavy atom. The summed E-state index contributed by atoms with van der Waals surface area (Å²) in [4.78, 5) is 17.4. The first kappa shape index (κ1) is 23.8. The van der Waals surface area contributed by atoms with Gasteiger partial charge in [-0.15, -0.1) is 4.72 Å². The Kier molecular flexibility index (Phi) is 8.54. The number of carbonyl (C=O) groups excluding carboxylic acids is 1. The minimum atomic E-state index is -1.42. The predicted molar refractivity (Wildman–Crippen MR) is 122 cm³/mol. The Morgan fingerprint density at radius 3 is 2.58 bits per heavy atom. The summed E-state index contributed by atoms with van der Waals surface area (Å²) in [7, 11) is 0. The van der Waals surface area contributed by atoms with Crippen LogP contribution in [-0.2, 0) is 16.2 Å². The highest BCUT2D eigenvalue weighted by Gasteiger charge is 2.30. The molecule has 2 aromatic rings. The maximum Gasteiger partial charge on any atom is 0.223 e. The van der Waals surface area contributed by atoms with Crippen LogP contribution in [0.4, 0.5) is 10.2 Å². The van der Waals surface area contributed by atoms with E-state index in [1.807, 2.05) is 13.8 Å². The molecule has 3 N–H and O–H groups in total. The number of hydrogen-bond donors (Lipinski definition) is 3. The molecule has 0 bridgehead atoms. The van der Waals surface area contributed by atoms with Gasteiger partial charge in [0, 0.05) is 18.5 Å². The number of hydrogen-bond acceptors (Lipinski definition) is 5. The molecule has 2 atom stereocenters. The van der Waals surface area contributed by atoms with Crippen molar-refractivity contribution in [1.82, 2.24) is 15.0 Å². The van der Waals surface area contributed by atoms with E-state index in [2.05, 4.69) is 20.3 Å². The number of pyridine rings is 1. The first-order valence-corrected chi connectivity index (χ1v) is 12.0. The Morgan fingerprint density at radius 1 is 1.29 bits per heavy atom. The van der Waals surface area contributed by atoms with Crippen LogP contribution in [0.15, 0.2) is 41.4 Å². The molecule has 1 unspecified atom stereocenters. The van der Waals surface area contributed by atoms with Crippen molar-refractivity contribution in [3.63, 3.8) is 0 Å². The highest BCUT2D eigenvalue weighted by atomic mass is 35.5. The summed E-state index contributed by atoms with van der Waals surface area (Å²) < 4.78 is 28.9. The van der Waals surface area contributed by atoms with Gasteiger partial charge in [-0.3, -0.25) is 4.79 Å². The second-order valence-corrected chi connectivity index (χ2v) is 9.40. The third-order valence-electron chi connectivity index (χ3n) is 5.47. The van der Waals surface area contributed by atoms with Gasteiger partial charge in [0.25, 0.3) is 0 Å². The first-order chi connectivity index (χ1) is 14.9. The van der Waals surface area contributed by atoms with E-state index in [1.54, 1.807) is 24.4 Å². The third kappa shape index (κ3) is 6.55. The smallest absolute Gasteiger partial charge is 0.223 e. The van der Waals surface area contributed by atoms with Crippen molar-refractivity contribution in [1.29, 1.82) is 0 Å². The highest BCUT2D eigenvalue weighted by Crippen LogP contribution is 2.28. The molecule has 0 radical (unpaired) electrons. The number of anilines is 1. The van der Waals surface area contributed by atoms with Crippen LogP contribution in [0.25, 0.3) is 0 Å². The van der Waals surface area contributed by atoms with Crippen molar-refractivity contribution >= 4 is 34.7 Å². The van der Waals surface area contributed by atoms with E-state index < -0.39 is 11.4 Å². The molecular formula is C22H28ClFN4O2S. The molecule has 0 aliphatic heterocycles. The van der Waals surface area contributed by atoms with E-state index in [4.69, 9.17) is 11.6 Å². The zero-order valence-electron chi connectivity index (χ0n) is 17.7. The van der Waals surface area contributed by atoms with Crippen LogP contribution in [0.3, 0.4) is 0 Å². The van der Waals surface area contributed by atoms with Crippen LogP contribution in [0.5, 0.6) is 0 Å².